The molecule has 0 amide bonds. The van der Waals surface area contributed by atoms with Gasteiger partial charge in [-0.05, 0) is 67.1 Å². The van der Waals surface area contributed by atoms with Gasteiger partial charge in [0.25, 0.3) is 0 Å². The summed E-state index contributed by atoms with van der Waals surface area (Å²) in [6, 6.07) is 9.81. The fraction of sp³-hybridized carbons (Fsp3) is 0.250. The van der Waals surface area contributed by atoms with Crippen molar-refractivity contribution in [2.75, 3.05) is 5.73 Å². The molecule has 0 heterocycles. The summed E-state index contributed by atoms with van der Waals surface area (Å²) in [5.74, 6) is -0.240. The van der Waals surface area contributed by atoms with Gasteiger partial charge in [0.1, 0.15) is 5.82 Å². The number of anilines is 1. The summed E-state index contributed by atoms with van der Waals surface area (Å²) in [6.07, 6.45) is 3.61. The van der Waals surface area contributed by atoms with E-state index in [9.17, 15) is 4.39 Å². The second-order valence-corrected chi connectivity index (χ2v) is 6.14. The number of rotatable bonds is 2. The molecule has 0 radical (unpaired) electrons. The van der Waals surface area contributed by atoms with Crippen LogP contribution in [0.15, 0.2) is 40.1 Å². The fourth-order valence-electron chi connectivity index (χ4n) is 2.50. The van der Waals surface area contributed by atoms with Crippen LogP contribution in [0.2, 0.25) is 0 Å². The molecule has 0 aliphatic heterocycles. The summed E-state index contributed by atoms with van der Waals surface area (Å²) in [6.45, 7) is 1.77. The molecule has 19 heavy (non-hydrogen) atoms. The Kier molecular flexibility index (Phi) is 3.23. The van der Waals surface area contributed by atoms with Gasteiger partial charge in [-0.2, -0.15) is 0 Å². The van der Waals surface area contributed by atoms with Crippen molar-refractivity contribution in [1.82, 2.24) is 0 Å². The Morgan fingerprint density at radius 3 is 2.74 bits per heavy atom. The van der Waals surface area contributed by atoms with E-state index in [2.05, 4.69) is 18.2 Å². The zero-order valence-corrected chi connectivity index (χ0v) is 11.7. The van der Waals surface area contributed by atoms with Crippen LogP contribution in [0.1, 0.15) is 23.1 Å². The van der Waals surface area contributed by atoms with Crippen molar-refractivity contribution in [3.63, 3.8) is 0 Å². The average Bonchev–Trinajstić information content (AvgIpc) is 2.83. The quantitative estimate of drug-likeness (QED) is 0.823. The van der Waals surface area contributed by atoms with Crippen molar-refractivity contribution < 1.29 is 4.39 Å². The summed E-state index contributed by atoms with van der Waals surface area (Å²) >= 11 is 1.61. The van der Waals surface area contributed by atoms with Crippen LogP contribution in [0.25, 0.3) is 0 Å². The molecule has 1 nitrogen and oxygen atoms in total. The van der Waals surface area contributed by atoms with E-state index >= 15 is 0 Å². The van der Waals surface area contributed by atoms with Gasteiger partial charge in [-0.25, -0.2) is 4.39 Å². The van der Waals surface area contributed by atoms with Crippen LogP contribution in [-0.4, -0.2) is 0 Å². The number of nitrogen functional groups attached to an aromatic ring is 1. The Morgan fingerprint density at radius 1 is 1.11 bits per heavy atom. The van der Waals surface area contributed by atoms with Gasteiger partial charge in [0.05, 0.1) is 0 Å². The van der Waals surface area contributed by atoms with Crippen LogP contribution in [0, 0.1) is 12.7 Å². The maximum Gasteiger partial charge on any atom is 0.128 e. The molecule has 0 atom stereocenters. The minimum Gasteiger partial charge on any atom is -0.398 e. The Bertz CT molecular complexity index is 637. The maximum absolute atomic E-state index is 13.4. The third kappa shape index (κ3) is 2.47. The average molecular weight is 273 g/mol. The van der Waals surface area contributed by atoms with Crippen LogP contribution >= 0.6 is 11.8 Å². The van der Waals surface area contributed by atoms with Gasteiger partial charge in [-0.1, -0.05) is 17.8 Å². The predicted octanol–water partition coefficient (Wildman–Crippen LogP) is 4.36. The highest BCUT2D eigenvalue weighted by molar-refractivity contribution is 7.99. The van der Waals surface area contributed by atoms with Crippen LogP contribution in [0.3, 0.4) is 0 Å². The molecule has 2 N–H and O–H groups in total. The molecule has 0 saturated heterocycles. The van der Waals surface area contributed by atoms with E-state index in [-0.39, 0.29) is 5.82 Å². The van der Waals surface area contributed by atoms with Gasteiger partial charge >= 0.3 is 0 Å². The molecule has 0 bridgehead atoms. The lowest BCUT2D eigenvalue weighted by Crippen LogP contribution is -1.93. The zero-order valence-electron chi connectivity index (χ0n) is 10.9. The Hall–Kier alpha value is -1.48. The van der Waals surface area contributed by atoms with E-state index in [0.29, 0.717) is 11.3 Å². The second kappa shape index (κ2) is 4.89. The summed E-state index contributed by atoms with van der Waals surface area (Å²) in [7, 11) is 0. The molecule has 0 spiro atoms. The molecule has 1 aliphatic rings. The van der Waals surface area contributed by atoms with Crippen molar-refractivity contribution in [3.05, 3.63) is 52.8 Å². The number of hydrogen-bond donors (Lipinski definition) is 1. The summed E-state index contributed by atoms with van der Waals surface area (Å²) in [5, 5.41) is 0. The number of fused-ring (bicyclic) bond motifs is 1. The molecule has 98 valence electrons. The molecule has 2 aromatic carbocycles. The number of halogens is 1. The maximum atomic E-state index is 13.4. The van der Waals surface area contributed by atoms with Gasteiger partial charge in [-0.15, -0.1) is 0 Å². The number of nitrogens with two attached hydrogens (primary N) is 1. The summed E-state index contributed by atoms with van der Waals surface area (Å²) in [5.41, 5.74) is 9.95. The van der Waals surface area contributed by atoms with Crippen LogP contribution in [0.4, 0.5) is 10.1 Å². The van der Waals surface area contributed by atoms with E-state index in [1.807, 2.05) is 6.07 Å². The molecular weight excluding hydrogens is 257 g/mol. The molecule has 3 rings (SSSR count). The van der Waals surface area contributed by atoms with Crippen LogP contribution in [-0.2, 0) is 12.8 Å². The van der Waals surface area contributed by atoms with Crippen molar-refractivity contribution in [2.24, 2.45) is 0 Å². The monoisotopic (exact) mass is 273 g/mol. The summed E-state index contributed by atoms with van der Waals surface area (Å²) in [4.78, 5) is 2.11. The van der Waals surface area contributed by atoms with Gasteiger partial charge in [-0.3, -0.25) is 0 Å². The third-order valence-corrected chi connectivity index (χ3v) is 4.65. The highest BCUT2D eigenvalue weighted by Crippen LogP contribution is 2.35. The third-order valence-electron chi connectivity index (χ3n) is 3.59. The minimum atomic E-state index is -0.240. The SMILES string of the molecule is Cc1cc(Sc2ccc3c(c2)CCC3)c(N)cc1F. The van der Waals surface area contributed by atoms with Crippen LogP contribution in [0.5, 0.6) is 0 Å². The fourth-order valence-corrected chi connectivity index (χ4v) is 3.50. The topological polar surface area (TPSA) is 26.0 Å². The zero-order chi connectivity index (χ0) is 13.4. The van der Waals surface area contributed by atoms with Gasteiger partial charge in [0.2, 0.25) is 0 Å². The van der Waals surface area contributed by atoms with Crippen molar-refractivity contribution in [1.29, 1.82) is 0 Å². The molecule has 1 aliphatic carbocycles. The molecule has 3 heteroatoms. The number of aryl methyl sites for hydroxylation is 3. The van der Waals surface area contributed by atoms with E-state index in [1.54, 1.807) is 18.7 Å². The van der Waals surface area contributed by atoms with Crippen molar-refractivity contribution in [3.8, 4) is 0 Å². The first-order valence-electron chi connectivity index (χ1n) is 6.49. The van der Waals surface area contributed by atoms with Crippen molar-refractivity contribution in [2.45, 2.75) is 36.0 Å². The largest absolute Gasteiger partial charge is 0.398 e. The lowest BCUT2D eigenvalue weighted by Gasteiger charge is -2.09. The molecule has 0 aromatic heterocycles. The molecular formula is C16H16FNS. The van der Waals surface area contributed by atoms with Crippen LogP contribution < -0.4 is 5.73 Å². The Labute approximate surface area is 117 Å². The highest BCUT2D eigenvalue weighted by Gasteiger charge is 2.12. The number of hydrogen-bond acceptors (Lipinski definition) is 2. The lowest BCUT2D eigenvalue weighted by molar-refractivity contribution is 0.618. The standard InChI is InChI=1S/C16H16FNS/c1-10-7-16(15(18)9-14(10)17)19-13-6-5-11-3-2-4-12(11)8-13/h5-9H,2-4,18H2,1H3. The first-order chi connectivity index (χ1) is 9.13. The molecule has 0 saturated carbocycles. The molecule has 2 aromatic rings. The van der Waals surface area contributed by atoms with E-state index in [4.69, 9.17) is 5.73 Å². The molecule has 0 fully saturated rings. The highest BCUT2D eigenvalue weighted by atomic mass is 32.2. The summed E-state index contributed by atoms with van der Waals surface area (Å²) < 4.78 is 13.4. The van der Waals surface area contributed by atoms with E-state index in [1.165, 1.54) is 41.4 Å². The Balaban J connectivity index is 1.91. The normalized spacial score (nSPS) is 13.6. The van der Waals surface area contributed by atoms with Crippen molar-refractivity contribution >= 4 is 17.4 Å². The smallest absolute Gasteiger partial charge is 0.128 e. The Morgan fingerprint density at radius 2 is 1.89 bits per heavy atom. The first kappa shape index (κ1) is 12.5. The lowest BCUT2D eigenvalue weighted by atomic mass is 10.1. The minimum absolute atomic E-state index is 0.240. The number of benzene rings is 2. The molecule has 0 unspecified atom stereocenters. The van der Waals surface area contributed by atoms with Gasteiger partial charge in [0.15, 0.2) is 0 Å². The van der Waals surface area contributed by atoms with E-state index < -0.39 is 0 Å². The second-order valence-electron chi connectivity index (χ2n) is 5.03. The van der Waals surface area contributed by atoms with E-state index in [0.717, 1.165) is 4.90 Å². The van der Waals surface area contributed by atoms with Gasteiger partial charge < -0.3 is 5.73 Å². The first-order valence-corrected chi connectivity index (χ1v) is 7.30. The predicted molar refractivity (Wildman–Crippen MR) is 78.1 cm³/mol. The van der Waals surface area contributed by atoms with Gasteiger partial charge in [0, 0.05) is 15.5 Å².